The Kier molecular flexibility index (Phi) is 4.27. The molecule has 0 bridgehead atoms. The molecule has 2 aromatic rings. The molecule has 1 aromatic heterocycles. The van der Waals surface area contributed by atoms with Crippen molar-refractivity contribution in [1.29, 1.82) is 0 Å². The van der Waals surface area contributed by atoms with Crippen molar-refractivity contribution in [3.8, 4) is 0 Å². The van der Waals surface area contributed by atoms with Crippen LogP contribution < -0.4 is 5.32 Å². The summed E-state index contributed by atoms with van der Waals surface area (Å²) in [5.41, 5.74) is 2.25. The second kappa shape index (κ2) is 6.13. The summed E-state index contributed by atoms with van der Waals surface area (Å²) in [4.78, 5) is 22.3. The predicted molar refractivity (Wildman–Crippen MR) is 75.5 cm³/mol. The van der Waals surface area contributed by atoms with E-state index >= 15 is 0 Å². The Morgan fingerprint density at radius 1 is 1.29 bits per heavy atom. The van der Waals surface area contributed by atoms with E-state index in [2.05, 4.69) is 10.1 Å². The van der Waals surface area contributed by atoms with Crippen LogP contribution in [0.1, 0.15) is 32.0 Å². The summed E-state index contributed by atoms with van der Waals surface area (Å²) in [7, 11) is 1.32. The minimum atomic E-state index is -1.03. The molecule has 0 fully saturated rings. The maximum absolute atomic E-state index is 11.5. The van der Waals surface area contributed by atoms with Gasteiger partial charge in [-0.25, -0.2) is 9.59 Å². The van der Waals surface area contributed by atoms with Crippen LogP contribution in [0.15, 0.2) is 34.9 Å². The van der Waals surface area contributed by atoms with Gasteiger partial charge in [-0.2, -0.15) is 0 Å². The first kappa shape index (κ1) is 14.6. The average Bonchev–Trinajstić information content (AvgIpc) is 2.94. The largest absolute Gasteiger partial charge is 0.478 e. The molecule has 0 atom stereocenters. The first-order valence-corrected chi connectivity index (χ1v) is 6.25. The molecular weight excluding hydrogens is 274 g/mol. The lowest BCUT2D eigenvalue weighted by Gasteiger charge is -2.09. The van der Waals surface area contributed by atoms with Crippen LogP contribution in [0.2, 0.25) is 0 Å². The number of aromatic carboxylic acids is 1. The molecule has 0 spiro atoms. The van der Waals surface area contributed by atoms with Gasteiger partial charge < -0.3 is 19.6 Å². The topological polar surface area (TPSA) is 88.8 Å². The molecule has 0 saturated carbocycles. The van der Waals surface area contributed by atoms with E-state index < -0.39 is 11.9 Å². The van der Waals surface area contributed by atoms with Crippen LogP contribution in [-0.2, 0) is 11.3 Å². The lowest BCUT2D eigenvalue weighted by Crippen LogP contribution is -2.05. The van der Waals surface area contributed by atoms with Gasteiger partial charge in [0.25, 0.3) is 0 Å². The van der Waals surface area contributed by atoms with Crippen LogP contribution in [0.25, 0.3) is 0 Å². The van der Waals surface area contributed by atoms with Crippen molar-refractivity contribution < 1.29 is 23.8 Å². The van der Waals surface area contributed by atoms with Gasteiger partial charge in [0.05, 0.1) is 24.8 Å². The third-order valence-electron chi connectivity index (χ3n) is 3.01. The number of esters is 1. The Morgan fingerprint density at radius 3 is 2.67 bits per heavy atom. The quantitative estimate of drug-likeness (QED) is 0.823. The minimum absolute atomic E-state index is 0.104. The van der Waals surface area contributed by atoms with Gasteiger partial charge >= 0.3 is 11.9 Å². The van der Waals surface area contributed by atoms with Crippen LogP contribution in [0.5, 0.6) is 0 Å². The lowest BCUT2D eigenvalue weighted by molar-refractivity contribution is 0.0600. The summed E-state index contributed by atoms with van der Waals surface area (Å²) in [6.07, 6.45) is 1.19. The molecule has 1 heterocycles. The molecule has 0 unspecified atom stereocenters. The zero-order valence-electron chi connectivity index (χ0n) is 11.7. The first-order chi connectivity index (χ1) is 10.0. The Labute approximate surface area is 121 Å². The molecule has 0 aliphatic rings. The molecular formula is C15H15NO5. The van der Waals surface area contributed by atoms with Gasteiger partial charge in [0, 0.05) is 5.69 Å². The van der Waals surface area contributed by atoms with Gasteiger partial charge in [-0.3, -0.25) is 0 Å². The number of methoxy groups -OCH3 is 1. The standard InChI is InChI=1S/C15H15NO5/c1-9-3-4-10(15(19)20-2)6-13(9)16-7-12-5-11(8-21-12)14(17)18/h3-6,8,16H,7H2,1-2H3,(H,17,18). The number of rotatable bonds is 5. The molecule has 2 N–H and O–H groups in total. The second-order valence-electron chi connectivity index (χ2n) is 4.48. The van der Waals surface area contributed by atoms with Gasteiger partial charge in [0.15, 0.2) is 0 Å². The zero-order valence-corrected chi connectivity index (χ0v) is 11.7. The fourth-order valence-corrected chi connectivity index (χ4v) is 1.83. The molecule has 6 heteroatoms. The Hall–Kier alpha value is -2.76. The highest BCUT2D eigenvalue weighted by Gasteiger charge is 2.10. The van der Waals surface area contributed by atoms with Gasteiger partial charge in [-0.1, -0.05) is 6.07 Å². The number of furan rings is 1. The number of carbonyl (C=O) groups is 2. The van der Waals surface area contributed by atoms with Gasteiger partial charge in [-0.05, 0) is 30.7 Å². The second-order valence-corrected chi connectivity index (χ2v) is 4.48. The highest BCUT2D eigenvalue weighted by molar-refractivity contribution is 5.90. The van der Waals surface area contributed by atoms with Crippen LogP contribution in [0.3, 0.4) is 0 Å². The van der Waals surface area contributed by atoms with Crippen molar-refractivity contribution >= 4 is 17.6 Å². The number of hydrogen-bond acceptors (Lipinski definition) is 5. The zero-order chi connectivity index (χ0) is 15.4. The van der Waals surface area contributed by atoms with Crippen molar-refractivity contribution in [2.24, 2.45) is 0 Å². The highest BCUT2D eigenvalue weighted by Crippen LogP contribution is 2.19. The SMILES string of the molecule is COC(=O)c1ccc(C)c(NCc2cc(C(=O)O)co2)c1. The van der Waals surface area contributed by atoms with E-state index in [0.717, 1.165) is 11.3 Å². The summed E-state index contributed by atoms with van der Waals surface area (Å²) in [6.45, 7) is 2.22. The van der Waals surface area contributed by atoms with Crippen molar-refractivity contribution in [3.63, 3.8) is 0 Å². The molecule has 0 aliphatic carbocycles. The van der Waals surface area contributed by atoms with Crippen LogP contribution >= 0.6 is 0 Å². The van der Waals surface area contributed by atoms with Gasteiger partial charge in [0.1, 0.15) is 12.0 Å². The number of anilines is 1. The average molecular weight is 289 g/mol. The molecule has 0 saturated heterocycles. The molecule has 6 nitrogen and oxygen atoms in total. The molecule has 2 rings (SSSR count). The summed E-state index contributed by atoms with van der Waals surface area (Å²) in [5.74, 6) is -0.951. The summed E-state index contributed by atoms with van der Waals surface area (Å²) in [6, 6.07) is 6.62. The summed E-state index contributed by atoms with van der Waals surface area (Å²) < 4.78 is 9.82. The maximum Gasteiger partial charge on any atom is 0.338 e. The third kappa shape index (κ3) is 3.42. The van der Waals surface area contributed by atoms with E-state index in [1.54, 1.807) is 18.2 Å². The van der Waals surface area contributed by atoms with E-state index in [4.69, 9.17) is 9.52 Å². The summed E-state index contributed by atoms with van der Waals surface area (Å²) in [5, 5.41) is 11.9. The molecule has 1 aromatic carbocycles. The first-order valence-electron chi connectivity index (χ1n) is 6.25. The van der Waals surface area contributed by atoms with E-state index in [9.17, 15) is 9.59 Å². The van der Waals surface area contributed by atoms with Crippen LogP contribution in [0.4, 0.5) is 5.69 Å². The lowest BCUT2D eigenvalue weighted by atomic mass is 10.1. The van der Waals surface area contributed by atoms with Crippen molar-refractivity contribution in [2.45, 2.75) is 13.5 Å². The molecule has 0 amide bonds. The number of aryl methyl sites for hydroxylation is 1. The molecule has 0 radical (unpaired) electrons. The molecule has 21 heavy (non-hydrogen) atoms. The minimum Gasteiger partial charge on any atom is -0.478 e. The normalized spacial score (nSPS) is 10.2. The van der Waals surface area contributed by atoms with Crippen LogP contribution in [-0.4, -0.2) is 24.2 Å². The van der Waals surface area contributed by atoms with Gasteiger partial charge in [-0.15, -0.1) is 0 Å². The number of carboxylic acids is 1. The summed E-state index contributed by atoms with van der Waals surface area (Å²) >= 11 is 0. The molecule has 110 valence electrons. The van der Waals surface area contributed by atoms with Crippen molar-refractivity contribution in [3.05, 3.63) is 53.0 Å². The highest BCUT2D eigenvalue weighted by atomic mass is 16.5. The van der Waals surface area contributed by atoms with E-state index in [1.807, 2.05) is 6.92 Å². The number of ether oxygens (including phenoxy) is 1. The monoisotopic (exact) mass is 289 g/mol. The van der Waals surface area contributed by atoms with Crippen LogP contribution in [0, 0.1) is 6.92 Å². The number of carboxylic acid groups (broad SMARTS) is 1. The van der Waals surface area contributed by atoms with Crippen molar-refractivity contribution in [2.75, 3.05) is 12.4 Å². The molecule has 0 aliphatic heterocycles. The fourth-order valence-electron chi connectivity index (χ4n) is 1.83. The Morgan fingerprint density at radius 2 is 2.05 bits per heavy atom. The van der Waals surface area contributed by atoms with E-state index in [-0.39, 0.29) is 5.56 Å². The van der Waals surface area contributed by atoms with Crippen molar-refractivity contribution in [1.82, 2.24) is 0 Å². The maximum atomic E-state index is 11.5. The number of benzene rings is 1. The Bertz CT molecular complexity index is 674. The third-order valence-corrected chi connectivity index (χ3v) is 3.01. The predicted octanol–water partition coefficient (Wildman–Crippen LogP) is 2.68. The smallest absolute Gasteiger partial charge is 0.338 e. The van der Waals surface area contributed by atoms with E-state index in [0.29, 0.717) is 17.9 Å². The number of carbonyl (C=O) groups excluding carboxylic acids is 1. The number of nitrogens with one attached hydrogen (secondary N) is 1. The Balaban J connectivity index is 2.11. The van der Waals surface area contributed by atoms with Gasteiger partial charge in [0.2, 0.25) is 0 Å². The van der Waals surface area contributed by atoms with E-state index in [1.165, 1.54) is 19.4 Å². The fraction of sp³-hybridized carbons (Fsp3) is 0.200. The number of hydrogen-bond donors (Lipinski definition) is 2.